The first-order valence-electron chi connectivity index (χ1n) is 5.70. The average Bonchev–Trinajstić information content (AvgIpc) is 2.19. The maximum Gasteiger partial charge on any atom is 0.323 e. The van der Waals surface area contributed by atoms with Crippen LogP contribution in [0, 0.1) is 0 Å². The van der Waals surface area contributed by atoms with E-state index in [9.17, 15) is 4.79 Å². The van der Waals surface area contributed by atoms with Gasteiger partial charge in [0.1, 0.15) is 11.6 Å². The van der Waals surface area contributed by atoms with E-state index in [0.717, 1.165) is 12.8 Å². The van der Waals surface area contributed by atoms with E-state index in [2.05, 4.69) is 5.32 Å². The Bertz CT molecular complexity index is 230. The van der Waals surface area contributed by atoms with E-state index in [1.807, 2.05) is 0 Å². The highest BCUT2D eigenvalue weighted by Gasteiger charge is 2.30. The molecular formula is C11H21NO4. The van der Waals surface area contributed by atoms with E-state index in [4.69, 9.17) is 14.6 Å². The number of nitrogens with one attached hydrogen (secondary N) is 1. The molecule has 0 radical (unpaired) electrons. The Morgan fingerprint density at radius 2 is 2.25 bits per heavy atom. The molecule has 0 aromatic rings. The number of rotatable bonds is 8. The fourth-order valence-corrected chi connectivity index (χ4v) is 1.48. The monoisotopic (exact) mass is 231 g/mol. The molecule has 1 heterocycles. The van der Waals surface area contributed by atoms with Crippen molar-refractivity contribution in [1.29, 1.82) is 0 Å². The van der Waals surface area contributed by atoms with Gasteiger partial charge < -0.3 is 19.9 Å². The maximum atomic E-state index is 11.0. The molecule has 1 atom stereocenters. The fraction of sp³-hybridized carbons (Fsp3) is 0.909. The molecule has 5 nitrogen and oxygen atoms in total. The molecule has 0 spiro atoms. The van der Waals surface area contributed by atoms with Crippen LogP contribution in [0.4, 0.5) is 0 Å². The minimum atomic E-state index is -0.820. The molecule has 0 saturated carbocycles. The number of carbonyl (C=O) groups is 1. The molecule has 1 aliphatic heterocycles. The van der Waals surface area contributed by atoms with Gasteiger partial charge in [0.15, 0.2) is 0 Å². The first kappa shape index (κ1) is 13.4. The topological polar surface area (TPSA) is 67.8 Å². The molecule has 0 aromatic carbocycles. The lowest BCUT2D eigenvalue weighted by atomic mass is 9.95. The molecule has 0 aliphatic carbocycles. The molecule has 1 saturated heterocycles. The van der Waals surface area contributed by atoms with Crippen LogP contribution in [0.2, 0.25) is 0 Å². The van der Waals surface area contributed by atoms with Crippen molar-refractivity contribution >= 4 is 5.97 Å². The summed E-state index contributed by atoms with van der Waals surface area (Å²) in [5, 5.41) is 11.9. The predicted molar refractivity (Wildman–Crippen MR) is 59.5 cm³/mol. The third-order valence-corrected chi connectivity index (χ3v) is 3.06. The Hall–Kier alpha value is -0.650. The van der Waals surface area contributed by atoms with E-state index in [1.165, 1.54) is 0 Å². The SMILES string of the molecule is CNC(C)(CCCCOC1COC1)C(=O)O. The molecule has 1 fully saturated rings. The number of ether oxygens (including phenoxy) is 2. The van der Waals surface area contributed by atoms with Crippen LogP contribution in [-0.4, -0.2) is 49.6 Å². The molecule has 1 unspecified atom stereocenters. The highest BCUT2D eigenvalue weighted by molar-refractivity contribution is 5.78. The number of carboxylic acid groups (broad SMARTS) is 1. The van der Waals surface area contributed by atoms with Gasteiger partial charge in [0.2, 0.25) is 0 Å². The van der Waals surface area contributed by atoms with Crippen molar-refractivity contribution in [2.45, 2.75) is 37.8 Å². The molecular weight excluding hydrogens is 210 g/mol. The lowest BCUT2D eigenvalue weighted by Crippen LogP contribution is -2.47. The van der Waals surface area contributed by atoms with Crippen molar-refractivity contribution in [2.75, 3.05) is 26.9 Å². The van der Waals surface area contributed by atoms with Gasteiger partial charge >= 0.3 is 5.97 Å². The molecule has 1 rings (SSSR count). The number of hydrogen-bond acceptors (Lipinski definition) is 4. The van der Waals surface area contributed by atoms with Gasteiger partial charge in [-0.1, -0.05) is 0 Å². The summed E-state index contributed by atoms with van der Waals surface area (Å²) in [6.45, 7) is 3.79. The second-order valence-corrected chi connectivity index (χ2v) is 4.37. The van der Waals surface area contributed by atoms with Crippen molar-refractivity contribution in [3.8, 4) is 0 Å². The standard InChI is InChI=1S/C11H21NO4/c1-11(12-2,10(13)14)5-3-4-6-16-9-7-15-8-9/h9,12H,3-8H2,1-2H3,(H,13,14). The number of hydrogen-bond donors (Lipinski definition) is 2. The highest BCUT2D eigenvalue weighted by Crippen LogP contribution is 2.14. The minimum absolute atomic E-state index is 0.259. The van der Waals surface area contributed by atoms with Crippen LogP contribution < -0.4 is 5.32 Å². The molecule has 94 valence electrons. The Balaban J connectivity index is 2.06. The van der Waals surface area contributed by atoms with Gasteiger partial charge in [0.25, 0.3) is 0 Å². The summed E-state index contributed by atoms with van der Waals surface area (Å²) in [6, 6.07) is 0. The molecule has 0 bridgehead atoms. The van der Waals surface area contributed by atoms with Crippen LogP contribution in [-0.2, 0) is 14.3 Å². The van der Waals surface area contributed by atoms with Crippen molar-refractivity contribution in [1.82, 2.24) is 5.32 Å². The van der Waals surface area contributed by atoms with Gasteiger partial charge in [0, 0.05) is 6.61 Å². The highest BCUT2D eigenvalue weighted by atomic mass is 16.6. The van der Waals surface area contributed by atoms with Gasteiger partial charge in [-0.3, -0.25) is 4.79 Å². The molecule has 2 N–H and O–H groups in total. The lowest BCUT2D eigenvalue weighted by molar-refractivity contribution is -0.144. The zero-order valence-corrected chi connectivity index (χ0v) is 9.99. The van der Waals surface area contributed by atoms with E-state index < -0.39 is 11.5 Å². The van der Waals surface area contributed by atoms with Gasteiger partial charge in [0.05, 0.1) is 13.2 Å². The molecule has 5 heteroatoms. The van der Waals surface area contributed by atoms with Crippen LogP contribution in [0.1, 0.15) is 26.2 Å². The average molecular weight is 231 g/mol. The Kier molecular flexibility index (Phi) is 5.18. The second-order valence-electron chi connectivity index (χ2n) is 4.37. The van der Waals surface area contributed by atoms with Gasteiger partial charge in [-0.15, -0.1) is 0 Å². The minimum Gasteiger partial charge on any atom is -0.480 e. The summed E-state index contributed by atoms with van der Waals surface area (Å²) < 4.78 is 10.5. The van der Waals surface area contributed by atoms with Crippen molar-refractivity contribution in [3.63, 3.8) is 0 Å². The summed E-state index contributed by atoms with van der Waals surface area (Å²) >= 11 is 0. The van der Waals surface area contributed by atoms with Crippen molar-refractivity contribution in [3.05, 3.63) is 0 Å². The maximum absolute atomic E-state index is 11.0. The second kappa shape index (κ2) is 6.18. The summed E-state index contributed by atoms with van der Waals surface area (Å²) in [5.74, 6) is -0.802. The van der Waals surface area contributed by atoms with Crippen LogP contribution in [0.5, 0.6) is 0 Å². The van der Waals surface area contributed by atoms with Crippen LogP contribution >= 0.6 is 0 Å². The van der Waals surface area contributed by atoms with E-state index in [-0.39, 0.29) is 6.10 Å². The Morgan fingerprint density at radius 3 is 2.69 bits per heavy atom. The third-order valence-electron chi connectivity index (χ3n) is 3.06. The summed E-state index contributed by atoms with van der Waals surface area (Å²) in [7, 11) is 1.68. The van der Waals surface area contributed by atoms with Gasteiger partial charge in [-0.2, -0.15) is 0 Å². The first-order chi connectivity index (χ1) is 7.58. The number of likely N-dealkylation sites (N-methyl/N-ethyl adjacent to an activating group) is 1. The number of unbranched alkanes of at least 4 members (excludes halogenated alkanes) is 1. The van der Waals surface area contributed by atoms with Gasteiger partial charge in [-0.05, 0) is 33.2 Å². The first-order valence-corrected chi connectivity index (χ1v) is 5.70. The largest absolute Gasteiger partial charge is 0.480 e. The summed E-state index contributed by atoms with van der Waals surface area (Å²) in [4.78, 5) is 11.0. The van der Waals surface area contributed by atoms with E-state index in [0.29, 0.717) is 26.2 Å². The Labute approximate surface area is 96.1 Å². The van der Waals surface area contributed by atoms with Crippen LogP contribution in [0.3, 0.4) is 0 Å². The number of carboxylic acids is 1. The van der Waals surface area contributed by atoms with E-state index >= 15 is 0 Å². The number of aliphatic carboxylic acids is 1. The Morgan fingerprint density at radius 1 is 1.56 bits per heavy atom. The molecule has 0 amide bonds. The molecule has 16 heavy (non-hydrogen) atoms. The van der Waals surface area contributed by atoms with E-state index in [1.54, 1.807) is 14.0 Å². The van der Waals surface area contributed by atoms with Crippen molar-refractivity contribution < 1.29 is 19.4 Å². The van der Waals surface area contributed by atoms with Crippen LogP contribution in [0.25, 0.3) is 0 Å². The molecule has 1 aliphatic rings. The normalized spacial score (nSPS) is 20.1. The predicted octanol–water partition coefficient (Wildman–Crippen LogP) is 0.635. The summed E-state index contributed by atoms with van der Waals surface area (Å²) in [6.07, 6.45) is 2.61. The quantitative estimate of drug-likeness (QED) is 0.600. The fourth-order valence-electron chi connectivity index (χ4n) is 1.48. The van der Waals surface area contributed by atoms with Crippen LogP contribution in [0.15, 0.2) is 0 Å². The zero-order valence-electron chi connectivity index (χ0n) is 9.99. The van der Waals surface area contributed by atoms with Gasteiger partial charge in [-0.25, -0.2) is 0 Å². The third kappa shape index (κ3) is 3.73. The zero-order chi connectivity index (χ0) is 12.0. The summed E-state index contributed by atoms with van der Waals surface area (Å²) in [5.41, 5.74) is -0.820. The van der Waals surface area contributed by atoms with Crippen molar-refractivity contribution in [2.24, 2.45) is 0 Å². The lowest BCUT2D eigenvalue weighted by Gasteiger charge is -2.26. The molecule has 0 aromatic heterocycles. The smallest absolute Gasteiger partial charge is 0.323 e.